The van der Waals surface area contributed by atoms with Gasteiger partial charge in [0.1, 0.15) is 11.2 Å². The van der Waals surface area contributed by atoms with E-state index in [0.717, 1.165) is 32.1 Å². The predicted octanol–water partition coefficient (Wildman–Crippen LogP) is 5.67. The van der Waals surface area contributed by atoms with Crippen LogP contribution >= 0.6 is 0 Å². The normalized spacial score (nSPS) is 34.5. The first-order valence-electron chi connectivity index (χ1n) is 10.9. The van der Waals surface area contributed by atoms with Gasteiger partial charge < -0.3 is 9.47 Å². The minimum atomic E-state index is -0.478. The second-order valence-corrected chi connectivity index (χ2v) is 10.6. The van der Waals surface area contributed by atoms with Crippen LogP contribution in [-0.4, -0.2) is 23.1 Å². The van der Waals surface area contributed by atoms with Gasteiger partial charge in [0, 0.05) is 6.42 Å². The first-order valence-corrected chi connectivity index (χ1v) is 10.9. The van der Waals surface area contributed by atoms with Gasteiger partial charge in [-0.15, -0.1) is 0 Å². The van der Waals surface area contributed by atoms with Gasteiger partial charge in [0.25, 0.3) is 0 Å². The molecule has 0 aliphatic heterocycles. The third kappa shape index (κ3) is 4.51. The fourth-order valence-electron chi connectivity index (χ4n) is 5.40. The molecule has 156 valence electrons. The zero-order chi connectivity index (χ0) is 20.7. The Hall–Kier alpha value is -1.06. The van der Waals surface area contributed by atoms with Gasteiger partial charge in [-0.25, -0.2) is 0 Å². The minimum Gasteiger partial charge on any atom is -0.460 e. The second-order valence-electron chi connectivity index (χ2n) is 10.6. The van der Waals surface area contributed by atoms with Gasteiger partial charge in [0.05, 0.1) is 10.8 Å². The van der Waals surface area contributed by atoms with E-state index in [-0.39, 0.29) is 11.9 Å². The fourth-order valence-corrected chi connectivity index (χ4v) is 5.40. The van der Waals surface area contributed by atoms with Crippen molar-refractivity contribution in [1.29, 1.82) is 0 Å². The number of hydrogen-bond donors (Lipinski definition) is 0. The van der Waals surface area contributed by atoms with Crippen LogP contribution in [0.3, 0.4) is 0 Å². The van der Waals surface area contributed by atoms with Crippen LogP contribution in [0.1, 0.15) is 100 Å². The van der Waals surface area contributed by atoms with Crippen LogP contribution in [0.5, 0.6) is 0 Å². The van der Waals surface area contributed by atoms with E-state index in [0.29, 0.717) is 18.3 Å². The molecule has 4 rings (SSSR count). The molecule has 4 nitrogen and oxygen atoms in total. The summed E-state index contributed by atoms with van der Waals surface area (Å²) in [5, 5.41) is 0. The van der Waals surface area contributed by atoms with Gasteiger partial charge >= 0.3 is 11.9 Å². The van der Waals surface area contributed by atoms with Crippen molar-refractivity contribution in [2.75, 3.05) is 0 Å². The molecule has 4 heteroatoms. The summed E-state index contributed by atoms with van der Waals surface area (Å²) in [6, 6.07) is 0. The van der Waals surface area contributed by atoms with Gasteiger partial charge in [-0.3, -0.25) is 9.59 Å². The number of rotatable bonds is 4. The van der Waals surface area contributed by atoms with Crippen LogP contribution in [0.15, 0.2) is 0 Å². The highest BCUT2D eigenvalue weighted by Crippen LogP contribution is 2.63. The Morgan fingerprint density at radius 2 is 1.48 bits per heavy atom. The average Bonchev–Trinajstić information content (AvgIpc) is 2.53. The van der Waals surface area contributed by atoms with E-state index in [1.165, 1.54) is 6.42 Å². The lowest BCUT2D eigenvalue weighted by atomic mass is 9.48. The fraction of sp³-hybridized carbons (Fsp3) is 0.913. The summed E-state index contributed by atoms with van der Waals surface area (Å²) in [5.74, 6) is 0.762. The van der Waals surface area contributed by atoms with Crippen molar-refractivity contribution in [3.8, 4) is 0 Å². The molecule has 4 saturated carbocycles. The van der Waals surface area contributed by atoms with Crippen molar-refractivity contribution in [3.63, 3.8) is 0 Å². The largest absolute Gasteiger partial charge is 0.460 e. The van der Waals surface area contributed by atoms with E-state index in [9.17, 15) is 9.59 Å². The molecule has 27 heavy (non-hydrogen) atoms. The quantitative estimate of drug-likeness (QED) is 0.589. The summed E-state index contributed by atoms with van der Waals surface area (Å²) in [5.41, 5.74) is -1.85. The van der Waals surface area contributed by atoms with Crippen molar-refractivity contribution in [2.24, 2.45) is 22.7 Å². The lowest BCUT2D eigenvalue weighted by Gasteiger charge is -2.60. The van der Waals surface area contributed by atoms with Crippen molar-refractivity contribution in [1.82, 2.24) is 0 Å². The zero-order valence-corrected chi connectivity index (χ0v) is 18.7. The lowest BCUT2D eigenvalue weighted by Crippen LogP contribution is -2.61. The smallest absolute Gasteiger partial charge is 0.312 e. The van der Waals surface area contributed by atoms with Crippen LogP contribution in [0.2, 0.25) is 0 Å². The molecule has 0 saturated heterocycles. The molecular formula is C23H40O4. The first-order chi connectivity index (χ1) is 12.4. The Kier molecular flexibility index (Phi) is 6.10. The summed E-state index contributed by atoms with van der Waals surface area (Å²) in [6.45, 7) is 15.7. The molecule has 0 aromatic carbocycles. The minimum absolute atomic E-state index is 0.0794. The Bertz CT molecular complexity index is 555. The molecule has 0 spiro atoms. The third-order valence-corrected chi connectivity index (χ3v) is 6.58. The Balaban J connectivity index is 0.00000126. The van der Waals surface area contributed by atoms with Gasteiger partial charge in [-0.2, -0.15) is 0 Å². The summed E-state index contributed by atoms with van der Waals surface area (Å²) in [6.07, 6.45) is 6.20. The van der Waals surface area contributed by atoms with E-state index in [1.807, 2.05) is 55.4 Å². The van der Waals surface area contributed by atoms with Crippen LogP contribution in [0.25, 0.3) is 0 Å². The molecular weight excluding hydrogens is 340 g/mol. The van der Waals surface area contributed by atoms with Crippen molar-refractivity contribution in [2.45, 2.75) is 112 Å². The molecule has 4 aliphatic rings. The van der Waals surface area contributed by atoms with Gasteiger partial charge in [-0.1, -0.05) is 20.8 Å². The highest BCUT2D eigenvalue weighted by molar-refractivity contribution is 5.79. The summed E-state index contributed by atoms with van der Waals surface area (Å²) in [7, 11) is 0. The second kappa shape index (κ2) is 7.40. The van der Waals surface area contributed by atoms with Crippen LogP contribution in [-0.2, 0) is 19.1 Å². The zero-order valence-electron chi connectivity index (χ0n) is 18.7. The number of ether oxygens (including phenoxy) is 2. The Morgan fingerprint density at radius 3 is 1.93 bits per heavy atom. The molecule has 2 unspecified atom stereocenters. The predicted molar refractivity (Wildman–Crippen MR) is 107 cm³/mol. The number of carbonyl (C=O) groups excluding carboxylic acids is 2. The van der Waals surface area contributed by atoms with E-state index in [2.05, 4.69) is 0 Å². The number of carbonyl (C=O) groups is 2. The molecule has 0 amide bonds. The number of esters is 2. The van der Waals surface area contributed by atoms with E-state index in [1.54, 1.807) is 0 Å². The average molecular weight is 381 g/mol. The van der Waals surface area contributed by atoms with Gasteiger partial charge in [0.2, 0.25) is 0 Å². The maximum absolute atomic E-state index is 13.0. The number of hydrogen-bond acceptors (Lipinski definition) is 4. The highest BCUT2D eigenvalue weighted by Gasteiger charge is 2.63. The molecule has 0 heterocycles. The Labute approximate surface area is 165 Å². The Morgan fingerprint density at radius 1 is 0.963 bits per heavy atom. The molecule has 4 fully saturated rings. The summed E-state index contributed by atoms with van der Waals surface area (Å²) in [4.78, 5) is 25.8. The highest BCUT2D eigenvalue weighted by atomic mass is 16.6. The van der Waals surface area contributed by atoms with E-state index < -0.39 is 22.0 Å². The lowest BCUT2D eigenvalue weighted by molar-refractivity contribution is -0.222. The van der Waals surface area contributed by atoms with Gasteiger partial charge in [0.15, 0.2) is 0 Å². The van der Waals surface area contributed by atoms with Crippen LogP contribution in [0.4, 0.5) is 0 Å². The standard InChI is InChI=1S/C21H34O4.C2H6/c1-7-19(5,6)16(22)25-21-11-14-8-15(12-21)10-20(9-14,13-21)17(23)24-18(2,3)4;1-2/h14-15H,7-13H2,1-6H3;1-2H3. The van der Waals surface area contributed by atoms with Crippen molar-refractivity contribution >= 4 is 11.9 Å². The molecule has 0 aromatic heterocycles. The third-order valence-electron chi connectivity index (χ3n) is 6.58. The van der Waals surface area contributed by atoms with Crippen LogP contribution < -0.4 is 0 Å². The monoisotopic (exact) mass is 380 g/mol. The van der Waals surface area contributed by atoms with Crippen molar-refractivity contribution < 1.29 is 19.1 Å². The molecule has 0 N–H and O–H groups in total. The molecule has 0 radical (unpaired) electrons. The first kappa shape index (κ1) is 22.2. The molecule has 4 bridgehead atoms. The molecule has 2 atom stereocenters. The van der Waals surface area contributed by atoms with Gasteiger partial charge in [-0.05, 0) is 85.0 Å². The SMILES string of the molecule is CC.CCC(C)(C)C(=O)OC12CC3CC(C1)CC(C(=O)OC(C)(C)C)(C3)C2. The maximum Gasteiger partial charge on any atom is 0.312 e. The maximum atomic E-state index is 13.0. The van der Waals surface area contributed by atoms with E-state index >= 15 is 0 Å². The summed E-state index contributed by atoms with van der Waals surface area (Å²) < 4.78 is 11.9. The van der Waals surface area contributed by atoms with Crippen LogP contribution in [0, 0.1) is 22.7 Å². The molecule has 0 aromatic rings. The topological polar surface area (TPSA) is 52.6 Å². The summed E-state index contributed by atoms with van der Waals surface area (Å²) >= 11 is 0. The molecule has 4 aliphatic carbocycles. The van der Waals surface area contributed by atoms with E-state index in [4.69, 9.17) is 9.47 Å². The van der Waals surface area contributed by atoms with Crippen molar-refractivity contribution in [3.05, 3.63) is 0 Å².